The highest BCUT2D eigenvalue weighted by Crippen LogP contribution is 2.31. The van der Waals surface area contributed by atoms with Gasteiger partial charge in [0.05, 0.1) is 14.2 Å². The highest BCUT2D eigenvalue weighted by Gasteiger charge is 2.18. The molecule has 0 saturated carbocycles. The number of hydrogen-bond donors (Lipinski definition) is 0. The van der Waals surface area contributed by atoms with Crippen LogP contribution in [-0.2, 0) is 23.7 Å². The lowest BCUT2D eigenvalue weighted by Crippen LogP contribution is -2.13. The van der Waals surface area contributed by atoms with Gasteiger partial charge in [-0.25, -0.2) is 0 Å². The third-order valence-electron chi connectivity index (χ3n) is 4.96. The van der Waals surface area contributed by atoms with Gasteiger partial charge in [0.1, 0.15) is 11.5 Å². The lowest BCUT2D eigenvalue weighted by Gasteiger charge is -2.22. The Morgan fingerprint density at radius 3 is 1.23 bits per heavy atom. The second-order valence-corrected chi connectivity index (χ2v) is 9.05. The van der Waals surface area contributed by atoms with Gasteiger partial charge in [-0.2, -0.15) is 0 Å². The maximum absolute atomic E-state index is 5.60. The summed E-state index contributed by atoms with van der Waals surface area (Å²) in [5, 5.41) is 0. The van der Waals surface area contributed by atoms with Crippen molar-refractivity contribution in [1.29, 1.82) is 0 Å². The van der Waals surface area contributed by atoms with Crippen molar-refractivity contribution in [3.05, 3.63) is 58.7 Å². The Kier molecular flexibility index (Phi) is 6.05. The van der Waals surface area contributed by atoms with Crippen LogP contribution in [0.25, 0.3) is 0 Å². The van der Waals surface area contributed by atoms with Crippen LogP contribution < -0.4 is 9.47 Å². The van der Waals surface area contributed by atoms with Gasteiger partial charge in [0.2, 0.25) is 0 Å². The van der Waals surface area contributed by atoms with Crippen LogP contribution in [0, 0.1) is 0 Å². The molecule has 0 spiro atoms. The van der Waals surface area contributed by atoms with E-state index >= 15 is 0 Å². The molecule has 26 heavy (non-hydrogen) atoms. The summed E-state index contributed by atoms with van der Waals surface area (Å²) in [5.74, 6) is 1.92. The van der Waals surface area contributed by atoms with Crippen LogP contribution >= 0.6 is 0 Å². The van der Waals surface area contributed by atoms with Gasteiger partial charge in [0.15, 0.2) is 0 Å². The minimum atomic E-state index is 0.130. The van der Waals surface area contributed by atoms with E-state index in [2.05, 4.69) is 77.9 Å². The molecule has 2 aromatic rings. The van der Waals surface area contributed by atoms with Crippen molar-refractivity contribution in [1.82, 2.24) is 0 Å². The van der Waals surface area contributed by atoms with Crippen molar-refractivity contribution in [3.63, 3.8) is 0 Å². The zero-order valence-corrected chi connectivity index (χ0v) is 17.7. The summed E-state index contributed by atoms with van der Waals surface area (Å²) in [6, 6.07) is 13.1. The average Bonchev–Trinajstić information content (AvgIpc) is 2.57. The van der Waals surface area contributed by atoms with E-state index in [9.17, 15) is 0 Å². The van der Waals surface area contributed by atoms with E-state index < -0.39 is 0 Å². The van der Waals surface area contributed by atoms with Gasteiger partial charge in [0.25, 0.3) is 0 Å². The molecule has 2 nitrogen and oxygen atoms in total. The molecule has 0 radical (unpaired) electrons. The van der Waals surface area contributed by atoms with Crippen molar-refractivity contribution < 1.29 is 9.47 Å². The molecule has 0 bridgehead atoms. The molecule has 0 unspecified atom stereocenters. The minimum absolute atomic E-state index is 0.130. The van der Waals surface area contributed by atoms with Gasteiger partial charge in [-0.05, 0) is 58.1 Å². The van der Waals surface area contributed by atoms with E-state index in [-0.39, 0.29) is 10.8 Å². The van der Waals surface area contributed by atoms with Crippen LogP contribution in [0.15, 0.2) is 36.4 Å². The van der Waals surface area contributed by atoms with Crippen molar-refractivity contribution in [3.8, 4) is 11.5 Å². The van der Waals surface area contributed by atoms with Crippen molar-refractivity contribution in [2.75, 3.05) is 14.2 Å². The Labute approximate surface area is 159 Å². The molecule has 142 valence electrons. The Bertz CT molecular complexity index is 680. The third-order valence-corrected chi connectivity index (χ3v) is 4.96. The molecule has 2 aromatic carbocycles. The predicted octanol–water partition coefficient (Wildman–Crippen LogP) is 6.08. The standard InChI is InChI=1S/C24H34O2/c1-23(2,3)19-11-13-21(25-7)17(15-19)9-10-18-16-20(24(4,5)6)12-14-22(18)26-8/h11-16H,9-10H2,1-8H3. The Hall–Kier alpha value is -1.96. The van der Waals surface area contributed by atoms with E-state index in [4.69, 9.17) is 9.47 Å². The van der Waals surface area contributed by atoms with Crippen LogP contribution in [0.2, 0.25) is 0 Å². The topological polar surface area (TPSA) is 18.5 Å². The second-order valence-electron chi connectivity index (χ2n) is 9.05. The van der Waals surface area contributed by atoms with Crippen LogP contribution in [0.5, 0.6) is 11.5 Å². The van der Waals surface area contributed by atoms with Crippen LogP contribution in [0.3, 0.4) is 0 Å². The lowest BCUT2D eigenvalue weighted by molar-refractivity contribution is 0.405. The maximum Gasteiger partial charge on any atom is 0.122 e. The van der Waals surface area contributed by atoms with Gasteiger partial charge in [-0.1, -0.05) is 65.8 Å². The molecule has 0 amide bonds. The van der Waals surface area contributed by atoms with E-state index in [1.807, 2.05) is 0 Å². The molecule has 2 rings (SSSR count). The van der Waals surface area contributed by atoms with Crippen molar-refractivity contribution in [2.45, 2.75) is 65.2 Å². The Morgan fingerprint density at radius 2 is 0.962 bits per heavy atom. The quantitative estimate of drug-likeness (QED) is 0.647. The first-order chi connectivity index (χ1) is 12.1. The van der Waals surface area contributed by atoms with E-state index in [0.717, 1.165) is 24.3 Å². The molecule has 0 aliphatic carbocycles. The van der Waals surface area contributed by atoms with Crippen LogP contribution in [-0.4, -0.2) is 14.2 Å². The monoisotopic (exact) mass is 354 g/mol. The minimum Gasteiger partial charge on any atom is -0.496 e. The number of aryl methyl sites for hydroxylation is 2. The van der Waals surface area contributed by atoms with Gasteiger partial charge in [-0.15, -0.1) is 0 Å². The first-order valence-corrected chi connectivity index (χ1v) is 9.41. The largest absolute Gasteiger partial charge is 0.496 e. The van der Waals surface area contributed by atoms with Crippen molar-refractivity contribution in [2.24, 2.45) is 0 Å². The van der Waals surface area contributed by atoms with Gasteiger partial charge >= 0.3 is 0 Å². The Morgan fingerprint density at radius 1 is 0.615 bits per heavy atom. The fourth-order valence-corrected chi connectivity index (χ4v) is 3.15. The molecule has 0 atom stereocenters. The normalized spacial score (nSPS) is 12.2. The first kappa shape index (κ1) is 20.4. The molecule has 0 aliphatic heterocycles. The molecule has 0 aromatic heterocycles. The lowest BCUT2D eigenvalue weighted by atomic mass is 9.84. The number of hydrogen-bond acceptors (Lipinski definition) is 2. The highest BCUT2D eigenvalue weighted by atomic mass is 16.5. The molecular formula is C24H34O2. The number of methoxy groups -OCH3 is 2. The summed E-state index contributed by atoms with van der Waals surface area (Å²) in [6.07, 6.45) is 1.86. The van der Waals surface area contributed by atoms with Gasteiger partial charge in [0, 0.05) is 0 Å². The summed E-state index contributed by atoms with van der Waals surface area (Å²) in [5.41, 5.74) is 5.44. The molecule has 0 fully saturated rings. The second kappa shape index (κ2) is 7.73. The summed E-state index contributed by atoms with van der Waals surface area (Å²) < 4.78 is 11.2. The molecule has 0 saturated heterocycles. The third kappa shape index (κ3) is 4.81. The maximum atomic E-state index is 5.60. The molecule has 2 heteroatoms. The smallest absolute Gasteiger partial charge is 0.122 e. The first-order valence-electron chi connectivity index (χ1n) is 9.41. The SMILES string of the molecule is COc1ccc(C(C)(C)C)cc1CCc1cc(C(C)(C)C)ccc1OC. The average molecular weight is 355 g/mol. The highest BCUT2D eigenvalue weighted by molar-refractivity contribution is 5.43. The predicted molar refractivity (Wildman–Crippen MR) is 111 cm³/mol. The molecule has 0 heterocycles. The fraction of sp³-hybridized carbons (Fsp3) is 0.500. The number of rotatable bonds is 5. The van der Waals surface area contributed by atoms with Gasteiger partial charge in [-0.3, -0.25) is 0 Å². The Balaban J connectivity index is 2.33. The van der Waals surface area contributed by atoms with Crippen LogP contribution in [0.1, 0.15) is 63.8 Å². The van der Waals surface area contributed by atoms with Gasteiger partial charge < -0.3 is 9.47 Å². The zero-order chi connectivity index (χ0) is 19.5. The van der Waals surface area contributed by atoms with Crippen molar-refractivity contribution >= 4 is 0 Å². The van der Waals surface area contributed by atoms with E-state index in [1.165, 1.54) is 22.3 Å². The van der Waals surface area contributed by atoms with E-state index in [1.54, 1.807) is 14.2 Å². The molecule has 0 aliphatic rings. The molecule has 0 N–H and O–H groups in total. The summed E-state index contributed by atoms with van der Waals surface area (Å²) >= 11 is 0. The fourth-order valence-electron chi connectivity index (χ4n) is 3.15. The summed E-state index contributed by atoms with van der Waals surface area (Å²) in [7, 11) is 3.49. The number of ether oxygens (including phenoxy) is 2. The summed E-state index contributed by atoms with van der Waals surface area (Å²) in [4.78, 5) is 0. The van der Waals surface area contributed by atoms with E-state index in [0.29, 0.717) is 0 Å². The van der Waals surface area contributed by atoms with Crippen LogP contribution in [0.4, 0.5) is 0 Å². The zero-order valence-electron chi connectivity index (χ0n) is 17.7. The molecular weight excluding hydrogens is 320 g/mol. The number of benzene rings is 2. The summed E-state index contributed by atoms with van der Waals surface area (Å²) in [6.45, 7) is 13.5.